The minimum Gasteiger partial charge on any atom is -0.476 e. The predicted octanol–water partition coefficient (Wildman–Crippen LogP) is 3.40. The van der Waals surface area contributed by atoms with Gasteiger partial charge >= 0.3 is 6.03 Å². The van der Waals surface area contributed by atoms with Crippen LogP contribution in [-0.4, -0.2) is 40.3 Å². The summed E-state index contributed by atoms with van der Waals surface area (Å²) in [6.45, 7) is 5.75. The number of aryl methyl sites for hydroxylation is 2. The van der Waals surface area contributed by atoms with Gasteiger partial charge in [-0.15, -0.1) is 4.36 Å². The maximum atomic E-state index is 13.3. The van der Waals surface area contributed by atoms with Gasteiger partial charge in [-0.1, -0.05) is 19.9 Å². The van der Waals surface area contributed by atoms with Crippen LogP contribution in [0.4, 0.5) is 10.5 Å². The zero-order valence-corrected chi connectivity index (χ0v) is 20.2. The number of methoxy groups -OCH3 is 1. The zero-order valence-electron chi connectivity index (χ0n) is 19.3. The topological polar surface area (TPSA) is 121 Å². The maximum absolute atomic E-state index is 13.3. The Balaban J connectivity index is 1.48. The highest BCUT2D eigenvalue weighted by molar-refractivity contribution is 7.91. The molecule has 0 spiro atoms. The van der Waals surface area contributed by atoms with Crippen molar-refractivity contribution < 1.29 is 18.5 Å². The van der Waals surface area contributed by atoms with E-state index in [0.717, 1.165) is 48.9 Å². The third kappa shape index (κ3) is 4.04. The molecule has 0 saturated carbocycles. The van der Waals surface area contributed by atoms with E-state index < -0.39 is 15.9 Å². The summed E-state index contributed by atoms with van der Waals surface area (Å²) in [5.41, 5.74) is 5.50. The van der Waals surface area contributed by atoms with Crippen LogP contribution in [0.3, 0.4) is 0 Å². The first-order valence-electron chi connectivity index (χ1n) is 11.4. The largest absolute Gasteiger partial charge is 0.476 e. The number of nitrogens with zero attached hydrogens (tertiary/aromatic N) is 3. The molecular formula is C23H31N5O4S. The van der Waals surface area contributed by atoms with E-state index in [9.17, 15) is 9.00 Å². The summed E-state index contributed by atoms with van der Waals surface area (Å²) in [7, 11) is -1.84. The molecule has 2 heterocycles. The van der Waals surface area contributed by atoms with E-state index >= 15 is 0 Å². The van der Waals surface area contributed by atoms with Gasteiger partial charge in [0.1, 0.15) is 4.90 Å². The third-order valence-electron chi connectivity index (χ3n) is 6.77. The number of urea groups is 1. The molecule has 1 aromatic carbocycles. The fraction of sp³-hybridized carbons (Fsp3) is 0.565. The summed E-state index contributed by atoms with van der Waals surface area (Å²) in [5.74, 6) is 0.535. The highest BCUT2D eigenvalue weighted by atomic mass is 32.2. The lowest BCUT2D eigenvalue weighted by molar-refractivity contribution is 0.0972. The zero-order chi connectivity index (χ0) is 23.4. The second-order valence-corrected chi connectivity index (χ2v) is 11.8. The number of nitrogens with two attached hydrogens (primary N) is 1. The number of nitrogens with one attached hydrogen (secondary N) is 1. The molecule has 2 aromatic rings. The number of hydrogen-bond donors (Lipinski definition) is 2. The Morgan fingerprint density at radius 2 is 2.21 bits per heavy atom. The van der Waals surface area contributed by atoms with Crippen molar-refractivity contribution in [3.05, 3.63) is 34.5 Å². The minimum atomic E-state index is -3.54. The van der Waals surface area contributed by atoms with Gasteiger partial charge in [-0.2, -0.15) is 5.10 Å². The molecule has 5 rings (SSSR count). The number of anilines is 1. The van der Waals surface area contributed by atoms with Crippen molar-refractivity contribution in [1.82, 2.24) is 9.78 Å². The Bertz CT molecular complexity index is 1240. The maximum Gasteiger partial charge on any atom is 0.354 e. The Hall–Kier alpha value is -2.43. The molecule has 3 N–H and O–H groups in total. The van der Waals surface area contributed by atoms with Gasteiger partial charge in [0, 0.05) is 24.1 Å². The van der Waals surface area contributed by atoms with Crippen LogP contribution in [0.1, 0.15) is 54.9 Å². The molecule has 178 valence electrons. The number of aromatic nitrogens is 2. The van der Waals surface area contributed by atoms with Crippen LogP contribution in [0, 0.1) is 5.41 Å². The quantitative estimate of drug-likeness (QED) is 0.705. The first kappa shape index (κ1) is 22.4. The van der Waals surface area contributed by atoms with Crippen LogP contribution in [0.15, 0.2) is 21.5 Å². The summed E-state index contributed by atoms with van der Waals surface area (Å²) in [6.07, 6.45) is 6.29. The molecule has 1 aliphatic heterocycles. The number of hydrogen-bond acceptors (Lipinski definition) is 5. The molecule has 2 amide bonds. The Morgan fingerprint density at radius 3 is 3.00 bits per heavy atom. The first-order chi connectivity index (χ1) is 15.7. The smallest absolute Gasteiger partial charge is 0.354 e. The average molecular weight is 474 g/mol. The van der Waals surface area contributed by atoms with E-state index in [0.29, 0.717) is 25.6 Å². The van der Waals surface area contributed by atoms with E-state index in [1.165, 1.54) is 17.3 Å². The predicted molar refractivity (Wildman–Crippen MR) is 125 cm³/mol. The fourth-order valence-corrected chi connectivity index (χ4v) is 6.32. The summed E-state index contributed by atoms with van der Waals surface area (Å²) < 4.78 is 30.1. The van der Waals surface area contributed by atoms with Crippen molar-refractivity contribution in [2.45, 2.75) is 63.3 Å². The summed E-state index contributed by atoms with van der Waals surface area (Å²) >= 11 is 0. The summed E-state index contributed by atoms with van der Waals surface area (Å²) in [5, 5.41) is 13.3. The number of fused-ring (bicyclic) bond motifs is 3. The third-order valence-corrected chi connectivity index (χ3v) is 8.11. The molecule has 33 heavy (non-hydrogen) atoms. The molecule has 0 fully saturated rings. The molecule has 0 bridgehead atoms. The SMILES string of the molecule is COC[C@@H]1CCc2cc3c(c(NC(=O)N=[S@](N)(=O)c4cnn5c4OCC(C)(C)C5)c21)CCC3. The second-order valence-electron chi connectivity index (χ2n) is 10.0. The van der Waals surface area contributed by atoms with Gasteiger partial charge in [-0.3, -0.25) is 0 Å². The lowest BCUT2D eigenvalue weighted by Crippen LogP contribution is -2.33. The van der Waals surface area contributed by atoms with Crippen molar-refractivity contribution in [3.8, 4) is 5.88 Å². The van der Waals surface area contributed by atoms with Gasteiger partial charge in [-0.05, 0) is 54.4 Å². The minimum absolute atomic E-state index is 0.104. The summed E-state index contributed by atoms with van der Waals surface area (Å²) in [4.78, 5) is 13.2. The van der Waals surface area contributed by atoms with Crippen LogP contribution < -0.4 is 15.2 Å². The fourth-order valence-electron chi connectivity index (χ4n) is 5.31. The van der Waals surface area contributed by atoms with Gasteiger partial charge in [-0.25, -0.2) is 18.8 Å². The van der Waals surface area contributed by atoms with E-state index in [2.05, 4.69) is 34.7 Å². The number of carbonyl (C=O) groups excluding carboxylic acids is 1. The standard InChI is InChI=1S/C23H31N5O4S/c1-23(2)12-28-21(32-13-23)18(10-25-28)33(24,30)27-22(29)26-20-17-6-4-5-14(17)9-15-7-8-16(11-31-3)19(15)20/h9-10,16H,4-8,11-13H2,1-3H3,(H3,24,26,27,29,30)/t16-,33-/m0/s1. The Labute approximate surface area is 194 Å². The van der Waals surface area contributed by atoms with Gasteiger partial charge in [0.15, 0.2) is 9.92 Å². The highest BCUT2D eigenvalue weighted by Gasteiger charge is 2.33. The number of carbonyl (C=O) groups is 1. The highest BCUT2D eigenvalue weighted by Crippen LogP contribution is 2.44. The van der Waals surface area contributed by atoms with Gasteiger partial charge < -0.3 is 14.8 Å². The van der Waals surface area contributed by atoms with Crippen LogP contribution in [0.25, 0.3) is 0 Å². The molecular weight excluding hydrogens is 442 g/mol. The first-order valence-corrected chi connectivity index (χ1v) is 13.0. The van der Waals surface area contributed by atoms with Crippen molar-refractivity contribution in [2.24, 2.45) is 14.9 Å². The second kappa shape index (κ2) is 8.11. The van der Waals surface area contributed by atoms with Gasteiger partial charge in [0.05, 0.1) is 26.0 Å². The molecule has 2 atom stereocenters. The number of amides is 2. The number of benzene rings is 1. The molecule has 9 nitrogen and oxygen atoms in total. The molecule has 10 heteroatoms. The van der Waals surface area contributed by atoms with E-state index in [4.69, 9.17) is 14.6 Å². The summed E-state index contributed by atoms with van der Waals surface area (Å²) in [6, 6.07) is 1.56. The van der Waals surface area contributed by atoms with Crippen LogP contribution in [-0.2, 0) is 40.5 Å². The van der Waals surface area contributed by atoms with Gasteiger partial charge in [0.2, 0.25) is 5.88 Å². The number of rotatable bonds is 4. The van der Waals surface area contributed by atoms with Crippen molar-refractivity contribution in [3.63, 3.8) is 0 Å². The van der Waals surface area contributed by atoms with E-state index in [1.54, 1.807) is 11.8 Å². The number of ether oxygens (including phenoxy) is 2. The molecule has 0 saturated heterocycles. The van der Waals surface area contributed by atoms with Gasteiger partial charge in [0.25, 0.3) is 0 Å². The molecule has 1 aromatic heterocycles. The lowest BCUT2D eigenvalue weighted by Gasteiger charge is -2.30. The normalized spacial score (nSPS) is 22.0. The monoisotopic (exact) mass is 473 g/mol. The van der Waals surface area contributed by atoms with Crippen LogP contribution in [0.5, 0.6) is 5.88 Å². The van der Waals surface area contributed by atoms with E-state index in [-0.39, 0.29) is 16.2 Å². The van der Waals surface area contributed by atoms with Crippen molar-refractivity contribution in [2.75, 3.05) is 25.6 Å². The molecule has 0 unspecified atom stereocenters. The molecule has 3 aliphatic rings. The van der Waals surface area contributed by atoms with Crippen LogP contribution in [0.2, 0.25) is 0 Å². The van der Waals surface area contributed by atoms with E-state index in [1.807, 2.05) is 0 Å². The molecule has 0 radical (unpaired) electrons. The van der Waals surface area contributed by atoms with Crippen molar-refractivity contribution in [1.29, 1.82) is 0 Å². The lowest BCUT2D eigenvalue weighted by atomic mass is 9.94. The van der Waals surface area contributed by atoms with Crippen LogP contribution >= 0.6 is 0 Å². The Kier molecular flexibility index (Phi) is 5.49. The molecule has 2 aliphatic carbocycles. The Morgan fingerprint density at radius 1 is 1.39 bits per heavy atom. The average Bonchev–Trinajstić information content (AvgIpc) is 3.45. The van der Waals surface area contributed by atoms with Crippen molar-refractivity contribution >= 4 is 21.6 Å².